The van der Waals surface area contributed by atoms with Gasteiger partial charge in [-0.25, -0.2) is 0 Å². The molecule has 0 radical (unpaired) electrons. The van der Waals surface area contributed by atoms with Gasteiger partial charge >= 0.3 is 0 Å². The molecule has 0 bridgehead atoms. The minimum Gasteiger partial charge on any atom is -0.319 e. The maximum atomic E-state index is 3.24. The Kier molecular flexibility index (Phi) is 5.21. The van der Waals surface area contributed by atoms with Gasteiger partial charge in [0.1, 0.15) is 0 Å². The van der Waals surface area contributed by atoms with Crippen molar-refractivity contribution in [2.75, 3.05) is 26.7 Å². The minimum absolute atomic E-state index is 0.981. The second-order valence-electron chi connectivity index (χ2n) is 5.39. The normalized spacial score (nSPS) is 15.3. The Hall–Kier alpha value is -0.860. The molecule has 1 saturated carbocycles. The predicted molar refractivity (Wildman–Crippen MR) is 77.7 cm³/mol. The van der Waals surface area contributed by atoms with Gasteiger partial charge in [0, 0.05) is 13.1 Å². The Morgan fingerprint density at radius 1 is 1.22 bits per heavy atom. The lowest BCUT2D eigenvalue weighted by atomic mass is 10.0. The van der Waals surface area contributed by atoms with E-state index in [9.17, 15) is 0 Å². The van der Waals surface area contributed by atoms with Gasteiger partial charge < -0.3 is 5.32 Å². The maximum absolute atomic E-state index is 3.24. The van der Waals surface area contributed by atoms with E-state index < -0.39 is 0 Å². The number of nitrogens with zero attached hydrogens (tertiary/aromatic N) is 1. The molecule has 0 atom stereocenters. The van der Waals surface area contributed by atoms with Crippen molar-refractivity contribution in [2.24, 2.45) is 5.92 Å². The van der Waals surface area contributed by atoms with E-state index in [-0.39, 0.29) is 0 Å². The average Bonchev–Trinajstić information content (AvgIpc) is 3.21. The van der Waals surface area contributed by atoms with Crippen LogP contribution in [-0.2, 0) is 13.0 Å². The lowest BCUT2D eigenvalue weighted by Gasteiger charge is -2.22. The molecule has 100 valence electrons. The lowest BCUT2D eigenvalue weighted by Crippen LogP contribution is -2.26. The van der Waals surface area contributed by atoms with Crippen LogP contribution in [-0.4, -0.2) is 31.6 Å². The Morgan fingerprint density at radius 2 is 1.94 bits per heavy atom. The summed E-state index contributed by atoms with van der Waals surface area (Å²) >= 11 is 0. The van der Waals surface area contributed by atoms with E-state index in [2.05, 4.69) is 41.4 Å². The van der Waals surface area contributed by atoms with Crippen LogP contribution in [0.5, 0.6) is 0 Å². The summed E-state index contributed by atoms with van der Waals surface area (Å²) in [5.74, 6) is 0.981. The van der Waals surface area contributed by atoms with E-state index in [1.54, 1.807) is 0 Å². The third-order valence-electron chi connectivity index (χ3n) is 3.82. The zero-order chi connectivity index (χ0) is 12.8. The molecule has 0 amide bonds. The van der Waals surface area contributed by atoms with E-state index in [0.29, 0.717) is 0 Å². The number of benzene rings is 1. The smallest absolute Gasteiger partial charge is 0.0236 e. The van der Waals surface area contributed by atoms with E-state index in [4.69, 9.17) is 0 Å². The van der Waals surface area contributed by atoms with Gasteiger partial charge in [-0.2, -0.15) is 0 Å². The first-order valence-electron chi connectivity index (χ1n) is 7.27. The van der Waals surface area contributed by atoms with Crippen molar-refractivity contribution in [1.29, 1.82) is 0 Å². The number of hydrogen-bond acceptors (Lipinski definition) is 2. The van der Waals surface area contributed by atoms with Crippen LogP contribution in [0.2, 0.25) is 0 Å². The number of hydrogen-bond donors (Lipinski definition) is 1. The molecule has 0 unspecified atom stereocenters. The second kappa shape index (κ2) is 6.91. The summed E-state index contributed by atoms with van der Waals surface area (Å²) in [5.41, 5.74) is 3.01. The molecule has 0 saturated heterocycles. The molecule has 1 N–H and O–H groups in total. The second-order valence-corrected chi connectivity index (χ2v) is 5.39. The van der Waals surface area contributed by atoms with Crippen LogP contribution in [0, 0.1) is 5.92 Å². The van der Waals surface area contributed by atoms with Crippen LogP contribution in [0.4, 0.5) is 0 Å². The summed E-state index contributed by atoms with van der Waals surface area (Å²) in [7, 11) is 2.02. The fraction of sp³-hybridized carbons (Fsp3) is 0.625. The van der Waals surface area contributed by atoms with E-state index >= 15 is 0 Å². The van der Waals surface area contributed by atoms with E-state index in [1.807, 2.05) is 7.05 Å². The van der Waals surface area contributed by atoms with Gasteiger partial charge in [-0.1, -0.05) is 31.2 Å². The monoisotopic (exact) mass is 246 g/mol. The quantitative estimate of drug-likeness (QED) is 0.758. The molecule has 0 heterocycles. The summed E-state index contributed by atoms with van der Waals surface area (Å²) in [6.07, 6.45) is 4.02. The molecule has 2 heteroatoms. The highest BCUT2D eigenvalue weighted by molar-refractivity contribution is 5.27. The summed E-state index contributed by atoms with van der Waals surface area (Å²) in [4.78, 5) is 2.59. The molecule has 0 spiro atoms. The Bertz CT molecular complexity index is 358. The summed E-state index contributed by atoms with van der Waals surface area (Å²) in [6, 6.07) is 8.90. The van der Waals surface area contributed by atoms with Gasteiger partial charge in [0.25, 0.3) is 0 Å². The molecule has 18 heavy (non-hydrogen) atoms. The fourth-order valence-electron chi connectivity index (χ4n) is 2.43. The standard InChI is InChI=1S/C16H26N2/c1-3-18(12-14-8-9-14)13-16-7-5-4-6-15(16)10-11-17-2/h4-7,14,17H,3,8-13H2,1-2H3. The van der Waals surface area contributed by atoms with Crippen LogP contribution in [0.15, 0.2) is 24.3 Å². The Balaban J connectivity index is 1.96. The van der Waals surface area contributed by atoms with Crippen molar-refractivity contribution >= 4 is 0 Å². The summed E-state index contributed by atoms with van der Waals surface area (Å²) in [6.45, 7) is 6.91. The third-order valence-corrected chi connectivity index (χ3v) is 3.82. The lowest BCUT2D eigenvalue weighted by molar-refractivity contribution is 0.267. The van der Waals surface area contributed by atoms with Gasteiger partial charge in [0.05, 0.1) is 0 Å². The van der Waals surface area contributed by atoms with Gasteiger partial charge in [-0.05, 0) is 56.4 Å². The molecule has 0 aliphatic heterocycles. The number of rotatable bonds is 8. The highest BCUT2D eigenvalue weighted by Crippen LogP contribution is 2.30. The zero-order valence-electron chi connectivity index (χ0n) is 11.8. The molecule has 0 aromatic heterocycles. The molecular weight excluding hydrogens is 220 g/mol. The predicted octanol–water partition coefficient (Wildman–Crippen LogP) is 2.68. The molecule has 2 rings (SSSR count). The molecule has 1 aromatic carbocycles. The first kappa shape index (κ1) is 13.6. The van der Waals surface area contributed by atoms with Gasteiger partial charge in [0.15, 0.2) is 0 Å². The average molecular weight is 246 g/mol. The van der Waals surface area contributed by atoms with Crippen molar-refractivity contribution in [3.05, 3.63) is 35.4 Å². The number of nitrogens with one attached hydrogen (secondary N) is 1. The maximum Gasteiger partial charge on any atom is 0.0236 e. The van der Waals surface area contributed by atoms with Crippen molar-refractivity contribution < 1.29 is 0 Å². The highest BCUT2D eigenvalue weighted by atomic mass is 15.1. The van der Waals surface area contributed by atoms with E-state index in [1.165, 1.54) is 30.5 Å². The van der Waals surface area contributed by atoms with Gasteiger partial charge in [0.2, 0.25) is 0 Å². The van der Waals surface area contributed by atoms with Crippen LogP contribution < -0.4 is 5.32 Å². The highest BCUT2D eigenvalue weighted by Gasteiger charge is 2.23. The van der Waals surface area contributed by atoms with Crippen molar-refractivity contribution in [3.63, 3.8) is 0 Å². The zero-order valence-corrected chi connectivity index (χ0v) is 11.8. The first-order chi connectivity index (χ1) is 8.83. The van der Waals surface area contributed by atoms with Crippen molar-refractivity contribution in [1.82, 2.24) is 10.2 Å². The van der Waals surface area contributed by atoms with Gasteiger partial charge in [-0.15, -0.1) is 0 Å². The number of likely N-dealkylation sites (N-methyl/N-ethyl adjacent to an activating group) is 1. The molecule has 2 nitrogen and oxygen atoms in total. The largest absolute Gasteiger partial charge is 0.319 e. The Morgan fingerprint density at radius 3 is 2.56 bits per heavy atom. The van der Waals surface area contributed by atoms with Crippen LogP contribution in [0.3, 0.4) is 0 Å². The SMILES string of the molecule is CCN(Cc1ccccc1CCNC)CC1CC1. The van der Waals surface area contributed by atoms with Crippen molar-refractivity contribution in [2.45, 2.75) is 32.7 Å². The Labute approximate surface area is 111 Å². The topological polar surface area (TPSA) is 15.3 Å². The third kappa shape index (κ3) is 4.11. The molecular formula is C16H26N2. The summed E-state index contributed by atoms with van der Waals surface area (Å²) in [5, 5.41) is 3.24. The van der Waals surface area contributed by atoms with Crippen LogP contribution in [0.1, 0.15) is 30.9 Å². The summed E-state index contributed by atoms with van der Waals surface area (Å²) < 4.78 is 0. The molecule has 1 aliphatic rings. The van der Waals surface area contributed by atoms with Crippen LogP contribution in [0.25, 0.3) is 0 Å². The van der Waals surface area contributed by atoms with Crippen molar-refractivity contribution in [3.8, 4) is 0 Å². The van der Waals surface area contributed by atoms with E-state index in [0.717, 1.165) is 32.0 Å². The van der Waals surface area contributed by atoms with Gasteiger partial charge in [-0.3, -0.25) is 4.90 Å². The molecule has 1 aromatic rings. The molecule has 1 aliphatic carbocycles. The van der Waals surface area contributed by atoms with Crippen LogP contribution >= 0.6 is 0 Å². The fourth-order valence-corrected chi connectivity index (χ4v) is 2.43. The minimum atomic E-state index is 0.981. The first-order valence-corrected chi connectivity index (χ1v) is 7.27. The molecule has 1 fully saturated rings.